The second-order valence-corrected chi connectivity index (χ2v) is 3.89. The molecule has 0 bridgehead atoms. The molecule has 0 saturated carbocycles. The lowest BCUT2D eigenvalue weighted by Crippen LogP contribution is -2.00. The number of halogens is 1. The van der Waals surface area contributed by atoms with E-state index in [2.05, 4.69) is 4.98 Å². The molecule has 0 aliphatic carbocycles. The molecule has 0 radical (unpaired) electrons. The zero-order chi connectivity index (χ0) is 13.1. The van der Waals surface area contributed by atoms with Crippen molar-refractivity contribution in [3.8, 4) is 11.1 Å². The maximum atomic E-state index is 13.3. The van der Waals surface area contributed by atoms with Crippen molar-refractivity contribution in [2.75, 3.05) is 0 Å². The Kier molecular flexibility index (Phi) is 3.37. The van der Waals surface area contributed by atoms with Gasteiger partial charge in [0.05, 0.1) is 5.56 Å². The first kappa shape index (κ1) is 12.2. The van der Waals surface area contributed by atoms with Gasteiger partial charge in [-0.05, 0) is 41.8 Å². The molecule has 1 aromatic heterocycles. The lowest BCUT2D eigenvalue weighted by Gasteiger charge is -2.05. The molecule has 18 heavy (non-hydrogen) atoms. The van der Waals surface area contributed by atoms with E-state index in [1.54, 1.807) is 18.3 Å². The highest BCUT2D eigenvalue weighted by Crippen LogP contribution is 2.22. The average molecular weight is 245 g/mol. The molecule has 0 spiro atoms. The molecule has 0 fully saturated rings. The molecular formula is C14H12FNO2. The SMILES string of the molecule is CCc1cc(-c2ccc(F)c(C(=O)O)c2)ccn1. The molecule has 0 amide bonds. The molecule has 0 saturated heterocycles. The lowest BCUT2D eigenvalue weighted by atomic mass is 10.0. The van der Waals surface area contributed by atoms with Crippen LogP contribution in [0.3, 0.4) is 0 Å². The van der Waals surface area contributed by atoms with Crippen LogP contribution in [0.4, 0.5) is 4.39 Å². The van der Waals surface area contributed by atoms with Gasteiger partial charge in [0.15, 0.2) is 0 Å². The van der Waals surface area contributed by atoms with Gasteiger partial charge in [-0.3, -0.25) is 4.98 Å². The summed E-state index contributed by atoms with van der Waals surface area (Å²) < 4.78 is 13.3. The summed E-state index contributed by atoms with van der Waals surface area (Å²) in [7, 11) is 0. The van der Waals surface area contributed by atoms with E-state index in [1.807, 2.05) is 13.0 Å². The molecule has 0 unspecified atom stereocenters. The van der Waals surface area contributed by atoms with E-state index in [0.717, 1.165) is 17.7 Å². The van der Waals surface area contributed by atoms with Crippen molar-refractivity contribution in [2.24, 2.45) is 0 Å². The molecule has 0 atom stereocenters. The number of nitrogens with zero attached hydrogens (tertiary/aromatic N) is 1. The Morgan fingerprint density at radius 3 is 2.67 bits per heavy atom. The van der Waals surface area contributed by atoms with E-state index in [-0.39, 0.29) is 5.56 Å². The number of rotatable bonds is 3. The zero-order valence-corrected chi connectivity index (χ0v) is 9.85. The Labute approximate surface area is 104 Å². The third kappa shape index (κ3) is 2.37. The van der Waals surface area contributed by atoms with Gasteiger partial charge in [0.2, 0.25) is 0 Å². The van der Waals surface area contributed by atoms with Gasteiger partial charge >= 0.3 is 5.97 Å². The Morgan fingerprint density at radius 1 is 1.28 bits per heavy atom. The number of carbonyl (C=O) groups is 1. The number of hydrogen-bond donors (Lipinski definition) is 1. The minimum Gasteiger partial charge on any atom is -0.478 e. The first-order valence-electron chi connectivity index (χ1n) is 5.60. The highest BCUT2D eigenvalue weighted by atomic mass is 19.1. The van der Waals surface area contributed by atoms with Gasteiger partial charge in [-0.15, -0.1) is 0 Å². The molecule has 0 aliphatic heterocycles. The maximum absolute atomic E-state index is 13.3. The quantitative estimate of drug-likeness (QED) is 0.903. The number of carboxylic acids is 1. The summed E-state index contributed by atoms with van der Waals surface area (Å²) in [5.74, 6) is -1.99. The number of hydrogen-bond acceptors (Lipinski definition) is 2. The molecule has 4 heteroatoms. The summed E-state index contributed by atoms with van der Waals surface area (Å²) in [5, 5.41) is 8.89. The van der Waals surface area contributed by atoms with Crippen LogP contribution in [-0.4, -0.2) is 16.1 Å². The van der Waals surface area contributed by atoms with E-state index >= 15 is 0 Å². The topological polar surface area (TPSA) is 50.2 Å². The highest BCUT2D eigenvalue weighted by molar-refractivity contribution is 5.89. The molecule has 92 valence electrons. The fraction of sp³-hybridized carbons (Fsp3) is 0.143. The van der Waals surface area contributed by atoms with Gasteiger partial charge in [-0.1, -0.05) is 13.0 Å². The van der Waals surface area contributed by atoms with Crippen LogP contribution in [0.25, 0.3) is 11.1 Å². The Morgan fingerprint density at radius 2 is 2.00 bits per heavy atom. The highest BCUT2D eigenvalue weighted by Gasteiger charge is 2.11. The summed E-state index contributed by atoms with van der Waals surface area (Å²) in [5.41, 5.74) is 2.10. The van der Waals surface area contributed by atoms with Crippen molar-refractivity contribution in [3.63, 3.8) is 0 Å². The second-order valence-electron chi connectivity index (χ2n) is 3.89. The van der Waals surface area contributed by atoms with Crippen molar-refractivity contribution in [1.82, 2.24) is 4.98 Å². The molecule has 2 aromatic rings. The van der Waals surface area contributed by atoms with E-state index in [9.17, 15) is 9.18 Å². The molecule has 3 nitrogen and oxygen atoms in total. The summed E-state index contributed by atoms with van der Waals surface area (Å²) in [6.45, 7) is 1.99. The van der Waals surface area contributed by atoms with Crippen LogP contribution in [0.5, 0.6) is 0 Å². The smallest absolute Gasteiger partial charge is 0.338 e. The van der Waals surface area contributed by atoms with Gasteiger partial charge < -0.3 is 5.11 Å². The van der Waals surface area contributed by atoms with Crippen molar-refractivity contribution >= 4 is 5.97 Å². The maximum Gasteiger partial charge on any atom is 0.338 e. The predicted octanol–water partition coefficient (Wildman–Crippen LogP) is 3.15. The fourth-order valence-electron chi connectivity index (χ4n) is 1.72. The standard InChI is InChI=1S/C14H12FNO2/c1-2-11-7-10(5-6-16-11)9-3-4-13(15)12(8-9)14(17)18/h3-8H,2H2,1H3,(H,17,18). The molecule has 2 rings (SSSR count). The Hall–Kier alpha value is -2.23. The van der Waals surface area contributed by atoms with Gasteiger partial charge in [-0.2, -0.15) is 0 Å². The molecule has 0 aliphatic rings. The monoisotopic (exact) mass is 245 g/mol. The molecule has 1 heterocycles. The van der Waals surface area contributed by atoms with Crippen molar-refractivity contribution < 1.29 is 14.3 Å². The van der Waals surface area contributed by atoms with Crippen molar-refractivity contribution in [2.45, 2.75) is 13.3 Å². The first-order chi connectivity index (χ1) is 8.61. The Balaban J connectivity index is 2.50. The lowest BCUT2D eigenvalue weighted by molar-refractivity contribution is 0.0692. The number of pyridine rings is 1. The number of aromatic carboxylic acids is 1. The van der Waals surface area contributed by atoms with Crippen LogP contribution in [-0.2, 0) is 6.42 Å². The third-order valence-electron chi connectivity index (χ3n) is 2.71. The summed E-state index contributed by atoms with van der Waals surface area (Å²) in [6, 6.07) is 7.73. The van der Waals surface area contributed by atoms with Crippen molar-refractivity contribution in [3.05, 3.63) is 53.6 Å². The second kappa shape index (κ2) is 4.96. The fourth-order valence-corrected chi connectivity index (χ4v) is 1.72. The predicted molar refractivity (Wildman–Crippen MR) is 66.0 cm³/mol. The number of aryl methyl sites for hydroxylation is 1. The van der Waals surface area contributed by atoms with Gasteiger partial charge in [0.1, 0.15) is 5.82 Å². The minimum absolute atomic E-state index is 0.317. The van der Waals surface area contributed by atoms with Crippen molar-refractivity contribution in [1.29, 1.82) is 0 Å². The van der Waals surface area contributed by atoms with Crippen LogP contribution >= 0.6 is 0 Å². The zero-order valence-electron chi connectivity index (χ0n) is 9.85. The van der Waals surface area contributed by atoms with E-state index in [0.29, 0.717) is 5.56 Å². The van der Waals surface area contributed by atoms with Crippen LogP contribution in [0.2, 0.25) is 0 Å². The van der Waals surface area contributed by atoms with Crippen LogP contribution in [0.1, 0.15) is 23.0 Å². The van der Waals surface area contributed by atoms with E-state index < -0.39 is 11.8 Å². The third-order valence-corrected chi connectivity index (χ3v) is 2.71. The Bertz CT molecular complexity index is 596. The number of benzene rings is 1. The summed E-state index contributed by atoms with van der Waals surface area (Å²) >= 11 is 0. The molecular weight excluding hydrogens is 233 g/mol. The normalized spacial score (nSPS) is 10.3. The van der Waals surface area contributed by atoms with Crippen LogP contribution in [0.15, 0.2) is 36.5 Å². The number of aromatic nitrogens is 1. The van der Waals surface area contributed by atoms with Crippen LogP contribution in [0, 0.1) is 5.82 Å². The molecule has 1 aromatic carbocycles. The largest absolute Gasteiger partial charge is 0.478 e. The van der Waals surface area contributed by atoms with E-state index in [1.165, 1.54) is 12.1 Å². The van der Waals surface area contributed by atoms with E-state index in [4.69, 9.17) is 5.11 Å². The van der Waals surface area contributed by atoms with Gasteiger partial charge in [-0.25, -0.2) is 9.18 Å². The minimum atomic E-state index is -1.26. The molecule has 1 N–H and O–H groups in total. The first-order valence-corrected chi connectivity index (χ1v) is 5.60. The van der Waals surface area contributed by atoms with Crippen LogP contribution < -0.4 is 0 Å². The van der Waals surface area contributed by atoms with Gasteiger partial charge in [0.25, 0.3) is 0 Å². The van der Waals surface area contributed by atoms with Gasteiger partial charge in [0, 0.05) is 11.9 Å². The number of carboxylic acid groups (broad SMARTS) is 1. The summed E-state index contributed by atoms with van der Waals surface area (Å²) in [4.78, 5) is 15.0. The average Bonchev–Trinajstić information content (AvgIpc) is 2.39. The summed E-state index contributed by atoms with van der Waals surface area (Å²) in [6.07, 6.45) is 2.46.